The molecule has 2 aliphatic heterocycles. The molecule has 4 heterocycles. The number of hydrogen-bond donors (Lipinski definition) is 2. The van der Waals surface area contributed by atoms with Crippen LogP contribution in [0.25, 0.3) is 0 Å². The van der Waals surface area contributed by atoms with E-state index in [4.69, 9.17) is 0 Å². The first kappa shape index (κ1) is 22.4. The molecule has 5 aliphatic rings. The van der Waals surface area contributed by atoms with Gasteiger partial charge >= 0.3 is 12.2 Å². The number of carbonyl (C=O) groups excluding carboxylic acids is 1. The number of aliphatic hydroxyl groups is 1. The largest absolute Gasteiger partial charge is 0.419 e. The first-order chi connectivity index (χ1) is 17.0. The summed E-state index contributed by atoms with van der Waals surface area (Å²) < 4.78 is 38.0. The van der Waals surface area contributed by atoms with Gasteiger partial charge in [0.2, 0.25) is 0 Å². The minimum absolute atomic E-state index is 0.113. The van der Waals surface area contributed by atoms with Crippen LogP contribution in [0, 0.1) is 16.7 Å². The number of nitrogens with one attached hydrogen (secondary N) is 1. The molecule has 2 aromatic heterocycles. The third kappa shape index (κ3) is 3.59. The molecule has 2 saturated heterocycles. The van der Waals surface area contributed by atoms with E-state index in [0.717, 1.165) is 82.9 Å². The van der Waals surface area contributed by atoms with Gasteiger partial charge in [-0.2, -0.15) is 13.2 Å². The van der Waals surface area contributed by atoms with Crippen LogP contribution in [0.5, 0.6) is 0 Å². The highest BCUT2D eigenvalue weighted by atomic mass is 19.4. The fraction of sp³-hybridized carbons (Fsp3) is 0.708. The zero-order valence-electron chi connectivity index (χ0n) is 19.8. The summed E-state index contributed by atoms with van der Waals surface area (Å²) >= 11 is 0. The number of aromatic amines is 1. The van der Waals surface area contributed by atoms with Gasteiger partial charge in [0, 0.05) is 61.7 Å². The molecule has 2 spiro atoms. The van der Waals surface area contributed by atoms with Crippen molar-refractivity contribution >= 4 is 6.03 Å². The number of alkyl halides is 3. The lowest BCUT2D eigenvalue weighted by atomic mass is 9.56. The molecule has 7 rings (SSSR count). The first-order valence-corrected chi connectivity index (χ1v) is 12.6. The molecule has 0 radical (unpaired) electrons. The highest BCUT2D eigenvalue weighted by Gasteiger charge is 2.59. The average Bonchev–Trinajstić information content (AvgIpc) is 3.27. The number of nitrogens with zero attached hydrogens (tertiary/aromatic N) is 6. The molecule has 2 amide bonds. The van der Waals surface area contributed by atoms with Crippen molar-refractivity contribution in [2.75, 3.05) is 26.2 Å². The topological polar surface area (TPSA) is 111 Å². The van der Waals surface area contributed by atoms with Crippen LogP contribution >= 0.6 is 0 Å². The van der Waals surface area contributed by atoms with Gasteiger partial charge in [0.15, 0.2) is 5.82 Å². The molecule has 9 nitrogen and oxygen atoms in total. The number of aromatic nitrogens is 5. The van der Waals surface area contributed by atoms with Crippen molar-refractivity contribution in [2.45, 2.75) is 62.6 Å². The van der Waals surface area contributed by atoms with Crippen molar-refractivity contribution in [1.29, 1.82) is 0 Å². The Labute approximate surface area is 205 Å². The van der Waals surface area contributed by atoms with Crippen molar-refractivity contribution < 1.29 is 23.1 Å². The number of carbonyl (C=O) groups is 1. The molecule has 0 unspecified atom stereocenters. The van der Waals surface area contributed by atoms with Crippen molar-refractivity contribution in [3.8, 4) is 0 Å². The van der Waals surface area contributed by atoms with Gasteiger partial charge in [0.1, 0.15) is 17.2 Å². The summed E-state index contributed by atoms with van der Waals surface area (Å²) in [5.41, 5.74) is -1.27. The number of rotatable bonds is 4. The predicted octanol–water partition coefficient (Wildman–Crippen LogP) is 2.85. The van der Waals surface area contributed by atoms with E-state index in [1.807, 2.05) is 9.80 Å². The lowest BCUT2D eigenvalue weighted by molar-refractivity contribution is -0.138. The molecule has 36 heavy (non-hydrogen) atoms. The summed E-state index contributed by atoms with van der Waals surface area (Å²) in [5.74, 6) is 2.56. The van der Waals surface area contributed by atoms with Crippen LogP contribution in [0.2, 0.25) is 0 Å². The Bertz CT molecular complexity index is 1180. The van der Waals surface area contributed by atoms with Gasteiger partial charge in [0.05, 0.1) is 5.56 Å². The number of amides is 2. The zero-order valence-corrected chi connectivity index (χ0v) is 19.8. The molecule has 12 heteroatoms. The molecule has 2 N–H and O–H groups in total. The first-order valence-electron chi connectivity index (χ1n) is 12.6. The third-order valence-electron chi connectivity index (χ3n) is 9.01. The molecular formula is C24H28F3N7O2. The summed E-state index contributed by atoms with van der Waals surface area (Å²) in [7, 11) is 0. The predicted molar refractivity (Wildman–Crippen MR) is 118 cm³/mol. The summed E-state index contributed by atoms with van der Waals surface area (Å²) in [6, 6.07) is 0.113. The van der Waals surface area contributed by atoms with Gasteiger partial charge in [0.25, 0.3) is 0 Å². The average molecular weight is 504 g/mol. The van der Waals surface area contributed by atoms with E-state index in [1.54, 1.807) is 0 Å². The summed E-state index contributed by atoms with van der Waals surface area (Å²) in [4.78, 5) is 27.7. The van der Waals surface area contributed by atoms with E-state index in [2.05, 4.69) is 25.1 Å². The molecule has 0 aromatic carbocycles. The second-order valence-corrected chi connectivity index (χ2v) is 12.1. The van der Waals surface area contributed by atoms with E-state index >= 15 is 0 Å². The molecule has 0 atom stereocenters. The lowest BCUT2D eigenvalue weighted by Crippen LogP contribution is -2.71. The summed E-state index contributed by atoms with van der Waals surface area (Å²) in [6.45, 7) is 3.08. The highest BCUT2D eigenvalue weighted by Crippen LogP contribution is 2.57. The van der Waals surface area contributed by atoms with Crippen LogP contribution in [0.4, 0.5) is 18.0 Å². The quantitative estimate of drug-likeness (QED) is 0.664. The number of halogens is 3. The zero-order chi connectivity index (χ0) is 24.9. The smallest absolute Gasteiger partial charge is 0.382 e. The molecular weight excluding hydrogens is 475 g/mol. The summed E-state index contributed by atoms with van der Waals surface area (Å²) in [5, 5.41) is 18.5. The van der Waals surface area contributed by atoms with Crippen LogP contribution in [-0.2, 0) is 18.2 Å². The molecule has 0 bridgehead atoms. The Morgan fingerprint density at radius 2 is 1.58 bits per heavy atom. The monoisotopic (exact) mass is 503 g/mol. The highest BCUT2D eigenvalue weighted by molar-refractivity contribution is 5.77. The second kappa shape index (κ2) is 7.17. The van der Waals surface area contributed by atoms with Crippen LogP contribution in [-0.4, -0.2) is 72.3 Å². The SMILES string of the molecule is O=C(N1CC2(CC(Cc3ncc(C(F)(F)F)cn3)C2)C1)N1CC2(CC(c3nnc(C4(O)CC4)[nH]3)C2)C1. The maximum atomic E-state index is 12.9. The molecule has 5 fully saturated rings. The minimum atomic E-state index is -4.42. The van der Waals surface area contributed by atoms with Gasteiger partial charge in [-0.05, 0) is 44.4 Å². The van der Waals surface area contributed by atoms with Crippen LogP contribution in [0.3, 0.4) is 0 Å². The van der Waals surface area contributed by atoms with Gasteiger partial charge in [-0.15, -0.1) is 10.2 Å². The molecule has 2 aromatic rings. The van der Waals surface area contributed by atoms with Crippen LogP contribution in [0.15, 0.2) is 12.4 Å². The Hall–Kier alpha value is -2.76. The van der Waals surface area contributed by atoms with Gasteiger partial charge < -0.3 is 19.9 Å². The minimum Gasteiger partial charge on any atom is -0.382 e. The fourth-order valence-corrected chi connectivity index (χ4v) is 6.89. The van der Waals surface area contributed by atoms with Crippen molar-refractivity contribution in [3.63, 3.8) is 0 Å². The summed E-state index contributed by atoms with van der Waals surface area (Å²) in [6.07, 6.45) is 3.23. The Morgan fingerprint density at radius 3 is 2.14 bits per heavy atom. The molecule has 3 aliphatic carbocycles. The van der Waals surface area contributed by atoms with Gasteiger partial charge in [-0.3, -0.25) is 0 Å². The normalized spacial score (nSPS) is 25.8. The maximum Gasteiger partial charge on any atom is 0.419 e. The van der Waals surface area contributed by atoms with E-state index in [-0.39, 0.29) is 16.9 Å². The number of H-pyrrole nitrogens is 1. The number of urea groups is 1. The standard InChI is InChI=1S/C24H28F3N7O2/c25-24(26,27)16-8-28-17(29-9-16)3-14-4-21(5-14)10-33(11-21)20(35)34-12-22(13-34)6-15(7-22)18-30-19(32-31-18)23(36)1-2-23/h8-9,14-15,36H,1-7,10-13H2,(H,30,31,32). The molecule has 3 saturated carbocycles. The number of likely N-dealkylation sites (tertiary alicyclic amines) is 2. The molecule has 192 valence electrons. The van der Waals surface area contributed by atoms with Crippen LogP contribution in [0.1, 0.15) is 67.5 Å². The van der Waals surface area contributed by atoms with Crippen molar-refractivity contribution in [1.82, 2.24) is 34.9 Å². The lowest BCUT2D eigenvalue weighted by Gasteiger charge is -2.63. The Kier molecular flexibility index (Phi) is 4.47. The van der Waals surface area contributed by atoms with Crippen molar-refractivity contribution in [2.24, 2.45) is 16.7 Å². The van der Waals surface area contributed by atoms with E-state index in [1.165, 1.54) is 0 Å². The third-order valence-corrected chi connectivity index (χ3v) is 9.01. The van der Waals surface area contributed by atoms with Gasteiger partial charge in [-0.1, -0.05) is 0 Å². The second-order valence-electron chi connectivity index (χ2n) is 12.1. The fourth-order valence-electron chi connectivity index (χ4n) is 6.89. The number of hydrogen-bond acceptors (Lipinski definition) is 6. The van der Waals surface area contributed by atoms with E-state index in [9.17, 15) is 23.1 Å². The van der Waals surface area contributed by atoms with E-state index < -0.39 is 17.3 Å². The Morgan fingerprint density at radius 1 is 1.00 bits per heavy atom. The van der Waals surface area contributed by atoms with Gasteiger partial charge in [-0.25, -0.2) is 14.8 Å². The maximum absolute atomic E-state index is 12.9. The Balaban J connectivity index is 0.840. The van der Waals surface area contributed by atoms with Crippen LogP contribution < -0.4 is 0 Å². The van der Waals surface area contributed by atoms with Crippen molar-refractivity contribution in [3.05, 3.63) is 35.4 Å². The van der Waals surface area contributed by atoms with E-state index in [0.29, 0.717) is 29.9 Å².